The van der Waals surface area contributed by atoms with E-state index < -0.39 is 15.8 Å². The minimum atomic E-state index is -3.73. The fraction of sp³-hybridized carbons (Fsp3) is 0.421. The monoisotopic (exact) mass is 433 g/mol. The number of aryl methyl sites for hydroxylation is 2. The van der Waals surface area contributed by atoms with Crippen molar-refractivity contribution < 1.29 is 17.6 Å². The van der Waals surface area contributed by atoms with Crippen LogP contribution in [0.15, 0.2) is 44.7 Å². The lowest BCUT2D eigenvalue weighted by Gasteiger charge is -2.21. The molecule has 30 heavy (non-hydrogen) atoms. The first-order valence-electron chi connectivity index (χ1n) is 9.63. The molecule has 3 aromatic rings. The molecule has 0 N–H and O–H groups in total. The second-order valence-electron chi connectivity index (χ2n) is 7.30. The van der Waals surface area contributed by atoms with Crippen molar-refractivity contribution in [2.45, 2.75) is 24.9 Å². The predicted molar refractivity (Wildman–Crippen MR) is 108 cm³/mol. The molecule has 1 aliphatic heterocycles. The average molecular weight is 433 g/mol. The summed E-state index contributed by atoms with van der Waals surface area (Å²) >= 11 is 0. The van der Waals surface area contributed by atoms with E-state index in [1.807, 2.05) is 0 Å². The molecule has 0 unspecified atom stereocenters. The molecule has 160 valence electrons. The summed E-state index contributed by atoms with van der Waals surface area (Å²) in [6.07, 6.45) is 1.99. The average Bonchev–Trinajstić information content (AvgIpc) is 3.09. The maximum absolute atomic E-state index is 12.9. The third kappa shape index (κ3) is 3.65. The van der Waals surface area contributed by atoms with Crippen LogP contribution in [0.25, 0.3) is 11.1 Å². The van der Waals surface area contributed by atoms with E-state index >= 15 is 0 Å². The number of nitrogens with zero attached hydrogens (tertiary/aromatic N) is 5. The van der Waals surface area contributed by atoms with E-state index in [4.69, 9.17) is 4.42 Å². The molecule has 4 rings (SSSR count). The Kier molecular flexibility index (Phi) is 5.24. The van der Waals surface area contributed by atoms with E-state index in [0.717, 1.165) is 0 Å². The van der Waals surface area contributed by atoms with Crippen LogP contribution in [0.4, 0.5) is 0 Å². The Morgan fingerprint density at radius 1 is 1.17 bits per heavy atom. The van der Waals surface area contributed by atoms with E-state index in [0.29, 0.717) is 36.4 Å². The van der Waals surface area contributed by atoms with Crippen molar-refractivity contribution in [2.75, 3.05) is 26.2 Å². The zero-order chi connectivity index (χ0) is 21.5. The van der Waals surface area contributed by atoms with Gasteiger partial charge in [0.05, 0.1) is 5.52 Å². The summed E-state index contributed by atoms with van der Waals surface area (Å²) in [6, 6.07) is 6.92. The molecule has 0 bridgehead atoms. The fourth-order valence-electron chi connectivity index (χ4n) is 3.57. The molecular formula is C19H23N5O5S. The molecule has 0 atom stereocenters. The molecule has 1 saturated heterocycles. The van der Waals surface area contributed by atoms with Crippen molar-refractivity contribution in [3.05, 3.63) is 46.8 Å². The highest BCUT2D eigenvalue weighted by atomic mass is 32.2. The number of imidazole rings is 1. The maximum atomic E-state index is 12.9. The van der Waals surface area contributed by atoms with Gasteiger partial charge in [-0.2, -0.15) is 4.31 Å². The van der Waals surface area contributed by atoms with Crippen LogP contribution in [-0.4, -0.2) is 63.8 Å². The summed E-state index contributed by atoms with van der Waals surface area (Å²) in [7, 11) is -1.99. The number of carbonyl (C=O) groups is 1. The molecule has 1 aromatic carbocycles. The predicted octanol–water partition coefficient (Wildman–Crippen LogP) is 0.560. The Labute approximate surface area is 173 Å². The number of fused-ring (bicyclic) bond motifs is 1. The zero-order valence-corrected chi connectivity index (χ0v) is 17.6. The lowest BCUT2D eigenvalue weighted by molar-refractivity contribution is -0.131. The number of rotatable bonds is 4. The van der Waals surface area contributed by atoms with Crippen LogP contribution in [0.1, 0.15) is 12.2 Å². The molecule has 1 aliphatic rings. The van der Waals surface area contributed by atoms with Crippen molar-refractivity contribution in [1.82, 2.24) is 23.3 Å². The second kappa shape index (κ2) is 7.73. The molecule has 2 aromatic heterocycles. The van der Waals surface area contributed by atoms with Crippen LogP contribution >= 0.6 is 0 Å². The highest BCUT2D eigenvalue weighted by Crippen LogP contribution is 2.18. The summed E-state index contributed by atoms with van der Waals surface area (Å²) in [6.45, 7) is 2.72. The van der Waals surface area contributed by atoms with E-state index in [2.05, 4.69) is 4.98 Å². The highest BCUT2D eigenvalue weighted by molar-refractivity contribution is 7.89. The first-order chi connectivity index (χ1) is 14.3. The van der Waals surface area contributed by atoms with Gasteiger partial charge in [0, 0.05) is 39.4 Å². The van der Waals surface area contributed by atoms with Gasteiger partial charge in [0.15, 0.2) is 10.6 Å². The van der Waals surface area contributed by atoms with Gasteiger partial charge < -0.3 is 13.9 Å². The zero-order valence-electron chi connectivity index (χ0n) is 16.8. The lowest BCUT2D eigenvalue weighted by atomic mass is 10.3. The third-order valence-electron chi connectivity index (χ3n) is 5.37. The first-order valence-corrected chi connectivity index (χ1v) is 11.1. The lowest BCUT2D eigenvalue weighted by Crippen LogP contribution is -2.39. The fourth-order valence-corrected chi connectivity index (χ4v) is 5.06. The number of amides is 1. The van der Waals surface area contributed by atoms with Crippen molar-refractivity contribution in [2.24, 2.45) is 7.05 Å². The number of sulfonamides is 1. The molecular weight excluding hydrogens is 410 g/mol. The number of oxazole rings is 1. The van der Waals surface area contributed by atoms with Gasteiger partial charge in [-0.15, -0.1) is 0 Å². The SMILES string of the molecule is Cc1nc(S(=O)(=O)N2CCCN(C(=O)Cn3c(=O)oc4ccccc43)CC2)cn1C. The van der Waals surface area contributed by atoms with Crippen molar-refractivity contribution in [3.8, 4) is 0 Å². The van der Waals surface area contributed by atoms with Crippen molar-refractivity contribution in [3.63, 3.8) is 0 Å². The Hall–Kier alpha value is -2.92. The normalized spacial score (nSPS) is 16.1. The van der Waals surface area contributed by atoms with Gasteiger partial charge in [0.2, 0.25) is 5.91 Å². The number of hydrogen-bond acceptors (Lipinski definition) is 6. The minimum absolute atomic E-state index is 0.0127. The highest BCUT2D eigenvalue weighted by Gasteiger charge is 2.30. The van der Waals surface area contributed by atoms with Crippen molar-refractivity contribution >= 4 is 27.0 Å². The molecule has 0 aliphatic carbocycles. The van der Waals surface area contributed by atoms with Crippen LogP contribution in [0, 0.1) is 6.92 Å². The third-order valence-corrected chi connectivity index (χ3v) is 7.14. The van der Waals surface area contributed by atoms with Gasteiger partial charge in [-0.3, -0.25) is 9.36 Å². The van der Waals surface area contributed by atoms with Gasteiger partial charge in [0.25, 0.3) is 10.0 Å². The number of carbonyl (C=O) groups excluding carboxylic acids is 1. The van der Waals surface area contributed by atoms with Crippen LogP contribution in [0.5, 0.6) is 0 Å². The van der Waals surface area contributed by atoms with Crippen LogP contribution in [0.2, 0.25) is 0 Å². The van der Waals surface area contributed by atoms with Gasteiger partial charge in [-0.05, 0) is 25.5 Å². The van der Waals surface area contributed by atoms with Gasteiger partial charge in [-0.1, -0.05) is 12.1 Å². The quantitative estimate of drug-likeness (QED) is 0.595. The molecule has 0 saturated carbocycles. The summed E-state index contributed by atoms with van der Waals surface area (Å²) in [5.74, 6) is -0.233. The van der Waals surface area contributed by atoms with E-state index in [1.54, 1.807) is 47.7 Å². The summed E-state index contributed by atoms with van der Waals surface area (Å²) in [5.41, 5.74) is 0.981. The van der Waals surface area contributed by atoms with Gasteiger partial charge in [0.1, 0.15) is 12.4 Å². The molecule has 0 radical (unpaired) electrons. The van der Waals surface area contributed by atoms with Gasteiger partial charge >= 0.3 is 5.76 Å². The van der Waals surface area contributed by atoms with Crippen LogP contribution < -0.4 is 5.76 Å². The maximum Gasteiger partial charge on any atom is 0.420 e. The number of hydrogen-bond donors (Lipinski definition) is 0. The Balaban J connectivity index is 1.48. The molecule has 0 spiro atoms. The standard InChI is InChI=1S/C19H23N5O5S/c1-14-20-17(12-21(14)2)30(27,28)23-9-5-8-22(10-11-23)18(25)13-24-15-6-3-4-7-16(15)29-19(24)26/h3-4,6-7,12H,5,8-11,13H2,1-2H3. The number of para-hydroxylation sites is 2. The minimum Gasteiger partial charge on any atom is -0.408 e. The van der Waals surface area contributed by atoms with E-state index in [9.17, 15) is 18.0 Å². The summed E-state index contributed by atoms with van der Waals surface area (Å²) in [5, 5.41) is 0.0127. The summed E-state index contributed by atoms with van der Waals surface area (Å²) < 4.78 is 35.3. The molecule has 1 amide bonds. The largest absolute Gasteiger partial charge is 0.420 e. The molecule has 11 heteroatoms. The Morgan fingerprint density at radius 3 is 2.67 bits per heavy atom. The smallest absolute Gasteiger partial charge is 0.408 e. The Morgan fingerprint density at radius 2 is 1.93 bits per heavy atom. The van der Waals surface area contributed by atoms with Crippen molar-refractivity contribution in [1.29, 1.82) is 0 Å². The topological polar surface area (TPSA) is 111 Å². The van der Waals surface area contributed by atoms with E-state index in [1.165, 1.54) is 15.1 Å². The van der Waals surface area contributed by atoms with E-state index in [-0.39, 0.29) is 30.6 Å². The number of aromatic nitrogens is 3. The van der Waals surface area contributed by atoms with Gasteiger partial charge in [-0.25, -0.2) is 18.2 Å². The Bertz CT molecular complexity index is 1240. The molecule has 1 fully saturated rings. The molecule has 10 nitrogen and oxygen atoms in total. The van der Waals surface area contributed by atoms with Crippen LogP contribution in [0.3, 0.4) is 0 Å². The number of benzene rings is 1. The first kappa shape index (κ1) is 20.4. The molecule has 3 heterocycles. The van der Waals surface area contributed by atoms with Crippen LogP contribution in [-0.2, 0) is 28.4 Å². The summed E-state index contributed by atoms with van der Waals surface area (Å²) in [4.78, 5) is 30.7. The second-order valence-corrected chi connectivity index (χ2v) is 9.18.